The second-order valence-corrected chi connectivity index (χ2v) is 11.3. The number of benzene rings is 1. The van der Waals surface area contributed by atoms with Crippen LogP contribution < -0.4 is 21.5 Å². The minimum Gasteiger partial charge on any atom is -0.480 e. The zero-order chi connectivity index (χ0) is 26.5. The molecule has 3 aromatic rings. The van der Waals surface area contributed by atoms with E-state index in [1.54, 1.807) is 12.1 Å². The van der Waals surface area contributed by atoms with Crippen molar-refractivity contribution in [3.8, 4) is 0 Å². The number of rotatable bonds is 8. The summed E-state index contributed by atoms with van der Waals surface area (Å²) in [4.78, 5) is 39.0. The first-order valence-corrected chi connectivity index (χ1v) is 12.4. The van der Waals surface area contributed by atoms with Crippen LogP contribution in [-0.4, -0.2) is 22.0 Å². The van der Waals surface area contributed by atoms with Gasteiger partial charge < -0.3 is 20.2 Å². The molecule has 1 aliphatic rings. The molecule has 0 fully saturated rings. The lowest BCUT2D eigenvalue weighted by molar-refractivity contribution is -0.145. The molecule has 0 aliphatic carbocycles. The topological polar surface area (TPSA) is 112 Å². The lowest BCUT2D eigenvalue weighted by Gasteiger charge is -2.31. The molecule has 0 spiro atoms. The van der Waals surface area contributed by atoms with E-state index in [2.05, 4.69) is 10.6 Å². The molecule has 0 saturated heterocycles. The van der Waals surface area contributed by atoms with Gasteiger partial charge in [-0.25, -0.2) is 0 Å². The lowest BCUT2D eigenvalue weighted by atomic mass is 9.85. The SMILES string of the molecule is Cc1ccc([C@H](Nc2c(Nc3ccc(Cl)c4c3CN([C@H](C(=O)O)C(C)C)C4)c(=O)c2=O)C(C)(C)C)o1. The number of carboxylic acids is 1. The Morgan fingerprint density at radius 2 is 1.69 bits per heavy atom. The standard InChI is InChI=1S/C27H32ClN3O5/c1-13(2)22(26(34)35)31-11-15-16(12-31)18(9-8-17(15)28)29-20-21(24(33)23(20)32)30-25(27(4,5)6)19-10-7-14(3)36-19/h7-10,13,22,25,29-30H,11-12H2,1-6H3,(H,34,35)/t22-,25-/m0/s1. The smallest absolute Gasteiger partial charge is 0.321 e. The molecule has 2 heterocycles. The van der Waals surface area contributed by atoms with E-state index >= 15 is 0 Å². The van der Waals surface area contributed by atoms with E-state index in [1.165, 1.54) is 0 Å². The van der Waals surface area contributed by atoms with Crippen molar-refractivity contribution in [1.82, 2.24) is 4.90 Å². The van der Waals surface area contributed by atoms with Gasteiger partial charge in [-0.15, -0.1) is 0 Å². The van der Waals surface area contributed by atoms with Gasteiger partial charge in [0.05, 0.1) is 6.04 Å². The summed E-state index contributed by atoms with van der Waals surface area (Å²) < 4.78 is 5.83. The molecule has 8 nitrogen and oxygen atoms in total. The van der Waals surface area contributed by atoms with Crippen molar-refractivity contribution in [3.05, 3.63) is 72.4 Å². The van der Waals surface area contributed by atoms with Crippen LogP contribution in [0.5, 0.6) is 0 Å². The van der Waals surface area contributed by atoms with Crippen molar-refractivity contribution in [2.24, 2.45) is 11.3 Å². The van der Waals surface area contributed by atoms with E-state index in [9.17, 15) is 19.5 Å². The number of carbonyl (C=O) groups is 1. The lowest BCUT2D eigenvalue weighted by Crippen LogP contribution is -2.41. The number of aryl methyl sites for hydroxylation is 1. The van der Waals surface area contributed by atoms with E-state index in [-0.39, 0.29) is 28.7 Å². The predicted octanol–water partition coefficient (Wildman–Crippen LogP) is 5.21. The molecule has 36 heavy (non-hydrogen) atoms. The third-order valence-electron chi connectivity index (χ3n) is 6.74. The first-order chi connectivity index (χ1) is 16.8. The molecule has 192 valence electrons. The number of aliphatic carboxylic acids is 1. The molecule has 1 aliphatic heterocycles. The van der Waals surface area contributed by atoms with Crippen LogP contribution in [0.4, 0.5) is 17.1 Å². The van der Waals surface area contributed by atoms with E-state index < -0.39 is 22.9 Å². The minimum atomic E-state index is -0.890. The molecular weight excluding hydrogens is 482 g/mol. The zero-order valence-electron chi connectivity index (χ0n) is 21.4. The van der Waals surface area contributed by atoms with Gasteiger partial charge in [0, 0.05) is 23.8 Å². The number of nitrogens with one attached hydrogen (secondary N) is 2. The zero-order valence-corrected chi connectivity index (χ0v) is 22.1. The van der Waals surface area contributed by atoms with Crippen molar-refractivity contribution in [3.63, 3.8) is 0 Å². The van der Waals surface area contributed by atoms with Crippen LogP contribution in [0, 0.1) is 18.3 Å². The summed E-state index contributed by atoms with van der Waals surface area (Å²) in [5.41, 5.74) is 1.14. The number of hydrogen-bond donors (Lipinski definition) is 3. The van der Waals surface area contributed by atoms with Crippen LogP contribution in [-0.2, 0) is 17.9 Å². The predicted molar refractivity (Wildman–Crippen MR) is 141 cm³/mol. The Bertz CT molecular complexity index is 1380. The highest BCUT2D eigenvalue weighted by atomic mass is 35.5. The molecule has 2 aromatic carbocycles. The first-order valence-electron chi connectivity index (χ1n) is 12.0. The van der Waals surface area contributed by atoms with Gasteiger partial charge in [-0.1, -0.05) is 46.2 Å². The van der Waals surface area contributed by atoms with Gasteiger partial charge in [-0.05, 0) is 53.6 Å². The Hall–Kier alpha value is -3.10. The maximum atomic E-state index is 12.6. The second kappa shape index (κ2) is 9.41. The highest BCUT2D eigenvalue weighted by molar-refractivity contribution is 6.31. The normalized spacial score (nSPS) is 15.8. The van der Waals surface area contributed by atoms with Crippen molar-refractivity contribution in [1.29, 1.82) is 0 Å². The van der Waals surface area contributed by atoms with E-state index in [4.69, 9.17) is 16.0 Å². The fraction of sp³-hybridized carbons (Fsp3) is 0.444. The van der Waals surface area contributed by atoms with Gasteiger partial charge in [0.25, 0.3) is 10.9 Å². The van der Waals surface area contributed by atoms with Gasteiger partial charge in [-0.2, -0.15) is 0 Å². The second-order valence-electron chi connectivity index (χ2n) is 10.9. The largest absolute Gasteiger partial charge is 0.480 e. The number of fused-ring (bicyclic) bond motifs is 1. The van der Waals surface area contributed by atoms with Gasteiger partial charge >= 0.3 is 5.97 Å². The van der Waals surface area contributed by atoms with Crippen molar-refractivity contribution in [2.45, 2.75) is 66.7 Å². The number of furan rings is 1. The fourth-order valence-electron chi connectivity index (χ4n) is 4.91. The Labute approximate surface area is 214 Å². The van der Waals surface area contributed by atoms with Gasteiger partial charge in [0.1, 0.15) is 28.9 Å². The van der Waals surface area contributed by atoms with Crippen LogP contribution in [0.15, 0.2) is 38.3 Å². The molecule has 1 aromatic heterocycles. The van der Waals surface area contributed by atoms with E-state index in [0.717, 1.165) is 16.9 Å². The average molecular weight is 514 g/mol. The summed E-state index contributed by atoms with van der Waals surface area (Å²) in [6.45, 7) is 12.4. The summed E-state index contributed by atoms with van der Waals surface area (Å²) in [7, 11) is 0. The molecule has 0 radical (unpaired) electrons. The van der Waals surface area contributed by atoms with Crippen LogP contribution in [0.25, 0.3) is 0 Å². The van der Waals surface area contributed by atoms with Gasteiger partial charge in [0.15, 0.2) is 0 Å². The van der Waals surface area contributed by atoms with Crippen molar-refractivity contribution >= 4 is 34.6 Å². The van der Waals surface area contributed by atoms with Gasteiger partial charge in [-0.3, -0.25) is 19.3 Å². The number of nitrogens with zero attached hydrogens (tertiary/aromatic N) is 1. The van der Waals surface area contributed by atoms with E-state index in [0.29, 0.717) is 29.6 Å². The number of halogens is 1. The first kappa shape index (κ1) is 26.0. The van der Waals surface area contributed by atoms with Crippen molar-refractivity contribution < 1.29 is 14.3 Å². The Kier molecular flexibility index (Phi) is 6.79. The molecule has 0 unspecified atom stereocenters. The van der Waals surface area contributed by atoms with E-state index in [1.807, 2.05) is 58.6 Å². The van der Waals surface area contributed by atoms with Gasteiger partial charge in [0.2, 0.25) is 0 Å². The summed E-state index contributed by atoms with van der Waals surface area (Å²) >= 11 is 6.47. The molecule has 4 rings (SSSR count). The molecule has 0 amide bonds. The molecular formula is C27H32ClN3O5. The molecule has 2 atom stereocenters. The average Bonchev–Trinajstić information content (AvgIpc) is 3.40. The van der Waals surface area contributed by atoms with Crippen molar-refractivity contribution in [2.75, 3.05) is 10.6 Å². The number of hydrogen-bond acceptors (Lipinski definition) is 7. The molecule has 3 N–H and O–H groups in total. The minimum absolute atomic E-state index is 0.101. The third-order valence-corrected chi connectivity index (χ3v) is 7.10. The highest BCUT2D eigenvalue weighted by Gasteiger charge is 2.36. The Morgan fingerprint density at radius 3 is 2.25 bits per heavy atom. The number of anilines is 3. The number of carboxylic acid groups (broad SMARTS) is 1. The maximum absolute atomic E-state index is 12.6. The third kappa shape index (κ3) is 4.67. The highest BCUT2D eigenvalue weighted by Crippen LogP contribution is 2.40. The molecule has 9 heteroatoms. The van der Waals surface area contributed by atoms with Crippen LogP contribution in [0.2, 0.25) is 5.02 Å². The summed E-state index contributed by atoms with van der Waals surface area (Å²) in [5, 5.41) is 16.7. The molecule has 0 bridgehead atoms. The maximum Gasteiger partial charge on any atom is 0.321 e. The summed E-state index contributed by atoms with van der Waals surface area (Å²) in [5.74, 6) is 0.442. The van der Waals surface area contributed by atoms with Crippen LogP contribution in [0.3, 0.4) is 0 Å². The van der Waals surface area contributed by atoms with Crippen LogP contribution in [0.1, 0.15) is 63.3 Å². The summed E-state index contributed by atoms with van der Waals surface area (Å²) in [6.07, 6.45) is 0. The quantitative estimate of drug-likeness (QED) is 0.352. The molecule has 0 saturated carbocycles. The summed E-state index contributed by atoms with van der Waals surface area (Å²) in [6, 6.07) is 6.19. The Balaban J connectivity index is 1.66. The Morgan fingerprint density at radius 1 is 1.06 bits per heavy atom. The fourth-order valence-corrected chi connectivity index (χ4v) is 5.14. The van der Waals surface area contributed by atoms with Crippen LogP contribution >= 0.6 is 11.6 Å². The monoisotopic (exact) mass is 513 g/mol.